The fourth-order valence-electron chi connectivity index (χ4n) is 0.758. The van der Waals surface area contributed by atoms with Gasteiger partial charge in [-0.1, -0.05) is 0 Å². The normalized spacial score (nSPS) is 9.83. The molecule has 0 amide bonds. The molecule has 3 nitrogen and oxygen atoms in total. The number of rotatable bonds is 3. The summed E-state index contributed by atoms with van der Waals surface area (Å²) in [6.07, 6.45) is 0. The van der Waals surface area contributed by atoms with Crippen LogP contribution in [0.4, 0.5) is 0 Å². The SMILES string of the molecule is CC(=O)c1cc(C(=O)CO)cs1. The maximum Gasteiger partial charge on any atom is 0.189 e. The van der Waals surface area contributed by atoms with Gasteiger partial charge in [-0.05, 0) is 13.0 Å². The first-order valence-electron chi connectivity index (χ1n) is 3.38. The molecule has 0 aromatic carbocycles. The van der Waals surface area contributed by atoms with E-state index in [0.717, 1.165) is 0 Å². The second-order valence-electron chi connectivity index (χ2n) is 2.34. The number of Topliss-reactive ketones (excluding diaryl/α,β-unsaturated/α-hetero) is 2. The van der Waals surface area contributed by atoms with Gasteiger partial charge in [-0.2, -0.15) is 0 Å². The molecule has 0 aliphatic carbocycles. The monoisotopic (exact) mass is 184 g/mol. The number of carbonyl (C=O) groups excluding carboxylic acids is 2. The minimum atomic E-state index is -0.506. The molecule has 0 radical (unpaired) electrons. The van der Waals surface area contributed by atoms with Crippen molar-refractivity contribution in [3.63, 3.8) is 0 Å². The highest BCUT2D eigenvalue weighted by Gasteiger charge is 2.09. The zero-order valence-electron chi connectivity index (χ0n) is 6.53. The molecule has 1 N–H and O–H groups in total. The van der Waals surface area contributed by atoms with E-state index in [0.29, 0.717) is 10.4 Å². The summed E-state index contributed by atoms with van der Waals surface area (Å²) in [5, 5.41) is 10.1. The molecule has 0 atom stereocenters. The lowest BCUT2D eigenvalue weighted by Crippen LogP contribution is -2.02. The number of hydrogen-bond donors (Lipinski definition) is 1. The van der Waals surface area contributed by atoms with Gasteiger partial charge in [0, 0.05) is 10.9 Å². The largest absolute Gasteiger partial charge is 0.388 e. The van der Waals surface area contributed by atoms with Crippen LogP contribution in [0.1, 0.15) is 27.0 Å². The van der Waals surface area contributed by atoms with Crippen LogP contribution in [0.15, 0.2) is 11.4 Å². The smallest absolute Gasteiger partial charge is 0.189 e. The fourth-order valence-corrected chi connectivity index (χ4v) is 1.57. The Kier molecular flexibility index (Phi) is 2.73. The van der Waals surface area contributed by atoms with Crippen molar-refractivity contribution in [2.75, 3.05) is 6.61 Å². The Labute approximate surface area is 73.6 Å². The molecular weight excluding hydrogens is 176 g/mol. The average molecular weight is 184 g/mol. The zero-order valence-corrected chi connectivity index (χ0v) is 7.35. The highest BCUT2D eigenvalue weighted by molar-refractivity contribution is 7.12. The molecule has 4 heteroatoms. The highest BCUT2D eigenvalue weighted by Crippen LogP contribution is 2.15. The van der Waals surface area contributed by atoms with Crippen LogP contribution in [-0.4, -0.2) is 23.3 Å². The molecule has 0 saturated heterocycles. The third kappa shape index (κ3) is 1.78. The highest BCUT2D eigenvalue weighted by atomic mass is 32.1. The van der Waals surface area contributed by atoms with E-state index >= 15 is 0 Å². The van der Waals surface area contributed by atoms with Crippen LogP contribution in [0, 0.1) is 0 Å². The first-order chi connectivity index (χ1) is 5.65. The van der Waals surface area contributed by atoms with Gasteiger partial charge >= 0.3 is 0 Å². The van der Waals surface area contributed by atoms with E-state index in [1.165, 1.54) is 24.3 Å². The number of aliphatic hydroxyl groups is 1. The van der Waals surface area contributed by atoms with Gasteiger partial charge in [0.15, 0.2) is 11.6 Å². The molecule has 0 unspecified atom stereocenters. The van der Waals surface area contributed by atoms with Crippen molar-refractivity contribution in [3.8, 4) is 0 Å². The van der Waals surface area contributed by atoms with Gasteiger partial charge in [-0.15, -0.1) is 11.3 Å². The van der Waals surface area contributed by atoms with Crippen molar-refractivity contribution in [3.05, 3.63) is 21.9 Å². The zero-order chi connectivity index (χ0) is 9.14. The summed E-state index contributed by atoms with van der Waals surface area (Å²) in [6.45, 7) is 0.938. The van der Waals surface area contributed by atoms with Gasteiger partial charge in [-0.25, -0.2) is 0 Å². The average Bonchev–Trinajstić information content (AvgIpc) is 2.51. The van der Waals surface area contributed by atoms with E-state index < -0.39 is 6.61 Å². The number of aliphatic hydroxyl groups excluding tert-OH is 1. The summed E-state index contributed by atoms with van der Waals surface area (Å²) >= 11 is 1.22. The molecule has 0 spiro atoms. The van der Waals surface area contributed by atoms with Crippen molar-refractivity contribution in [2.24, 2.45) is 0 Å². The van der Waals surface area contributed by atoms with E-state index in [9.17, 15) is 9.59 Å². The Hall–Kier alpha value is -1.00. The summed E-state index contributed by atoms with van der Waals surface area (Å²) in [5.41, 5.74) is 0.410. The second kappa shape index (κ2) is 3.60. The van der Waals surface area contributed by atoms with E-state index in [2.05, 4.69) is 0 Å². The minimum absolute atomic E-state index is 0.0583. The minimum Gasteiger partial charge on any atom is -0.388 e. The standard InChI is InChI=1S/C8H8O3S/c1-5(10)8-2-6(4-12-8)7(11)3-9/h2,4,9H,3H2,1H3. The molecule has 0 saturated carbocycles. The summed E-state index contributed by atoms with van der Waals surface area (Å²) in [6, 6.07) is 1.51. The lowest BCUT2D eigenvalue weighted by Gasteiger charge is -1.87. The van der Waals surface area contributed by atoms with Crippen LogP contribution in [0.2, 0.25) is 0 Å². The summed E-state index contributed by atoms with van der Waals surface area (Å²) in [4.78, 5) is 22.2. The van der Waals surface area contributed by atoms with E-state index in [-0.39, 0.29) is 11.6 Å². The Balaban J connectivity index is 2.91. The quantitative estimate of drug-likeness (QED) is 0.716. The maximum atomic E-state index is 10.9. The predicted molar refractivity (Wildman–Crippen MR) is 45.7 cm³/mol. The number of hydrogen-bond acceptors (Lipinski definition) is 4. The lowest BCUT2D eigenvalue weighted by molar-refractivity contribution is 0.0904. The maximum absolute atomic E-state index is 10.9. The van der Waals surface area contributed by atoms with Gasteiger partial charge in [-0.3, -0.25) is 9.59 Å². The number of carbonyl (C=O) groups is 2. The van der Waals surface area contributed by atoms with E-state index in [4.69, 9.17) is 5.11 Å². The van der Waals surface area contributed by atoms with E-state index in [1.54, 1.807) is 5.38 Å². The molecule has 64 valence electrons. The molecule has 1 aromatic heterocycles. The van der Waals surface area contributed by atoms with Gasteiger partial charge in [0.25, 0.3) is 0 Å². The van der Waals surface area contributed by atoms with Crippen molar-refractivity contribution in [2.45, 2.75) is 6.92 Å². The van der Waals surface area contributed by atoms with Gasteiger partial charge in [0.1, 0.15) is 6.61 Å². The molecule has 0 bridgehead atoms. The topological polar surface area (TPSA) is 54.4 Å². The molecule has 0 aliphatic heterocycles. The second-order valence-corrected chi connectivity index (χ2v) is 3.25. The Morgan fingerprint density at radius 2 is 2.25 bits per heavy atom. The molecule has 12 heavy (non-hydrogen) atoms. The van der Waals surface area contributed by atoms with E-state index in [1.807, 2.05) is 0 Å². The Morgan fingerprint density at radius 1 is 1.58 bits per heavy atom. The van der Waals surface area contributed by atoms with Crippen LogP contribution in [0.25, 0.3) is 0 Å². The first-order valence-corrected chi connectivity index (χ1v) is 4.26. The van der Waals surface area contributed by atoms with Crippen LogP contribution in [0.3, 0.4) is 0 Å². The number of thiophene rings is 1. The van der Waals surface area contributed by atoms with Crippen LogP contribution in [0.5, 0.6) is 0 Å². The predicted octanol–water partition coefficient (Wildman–Crippen LogP) is 1.13. The van der Waals surface area contributed by atoms with Crippen molar-refractivity contribution in [1.29, 1.82) is 0 Å². The third-order valence-corrected chi connectivity index (χ3v) is 2.44. The number of ketones is 2. The van der Waals surface area contributed by atoms with Gasteiger partial charge < -0.3 is 5.11 Å². The molecule has 0 fully saturated rings. The van der Waals surface area contributed by atoms with Gasteiger partial charge in [0.2, 0.25) is 0 Å². The fraction of sp³-hybridized carbons (Fsp3) is 0.250. The molecule has 0 aliphatic rings. The Morgan fingerprint density at radius 3 is 2.67 bits per heavy atom. The van der Waals surface area contributed by atoms with Crippen LogP contribution >= 0.6 is 11.3 Å². The summed E-state index contributed by atoms with van der Waals surface area (Å²) < 4.78 is 0. The van der Waals surface area contributed by atoms with Crippen molar-refractivity contribution >= 4 is 22.9 Å². The van der Waals surface area contributed by atoms with Crippen LogP contribution in [-0.2, 0) is 0 Å². The van der Waals surface area contributed by atoms with Crippen molar-refractivity contribution in [1.82, 2.24) is 0 Å². The first kappa shape index (κ1) is 9.09. The Bertz CT molecular complexity index is 314. The van der Waals surface area contributed by atoms with Crippen LogP contribution < -0.4 is 0 Å². The van der Waals surface area contributed by atoms with Crippen molar-refractivity contribution < 1.29 is 14.7 Å². The molecule has 1 rings (SSSR count). The van der Waals surface area contributed by atoms with Gasteiger partial charge in [0.05, 0.1) is 4.88 Å². The third-order valence-electron chi connectivity index (χ3n) is 1.41. The molecular formula is C8H8O3S. The summed E-state index contributed by atoms with van der Waals surface area (Å²) in [7, 11) is 0. The lowest BCUT2D eigenvalue weighted by atomic mass is 10.2. The summed E-state index contributed by atoms with van der Waals surface area (Å²) in [5.74, 6) is -0.407. The molecule has 1 heterocycles. The molecule has 1 aromatic rings.